The lowest BCUT2D eigenvalue weighted by Crippen LogP contribution is -2.49. The van der Waals surface area contributed by atoms with Crippen molar-refractivity contribution in [1.82, 2.24) is 4.90 Å². The molecule has 0 atom stereocenters. The first kappa shape index (κ1) is 20.1. The predicted molar refractivity (Wildman–Crippen MR) is 104 cm³/mol. The highest BCUT2D eigenvalue weighted by Crippen LogP contribution is 2.28. The molecule has 5 nitrogen and oxygen atoms in total. The number of alkyl halides is 2. The minimum Gasteiger partial charge on any atom is -0.452 e. The van der Waals surface area contributed by atoms with Gasteiger partial charge in [0.2, 0.25) is 0 Å². The highest BCUT2D eigenvalue weighted by Gasteiger charge is 2.23. The van der Waals surface area contributed by atoms with Crippen LogP contribution in [0, 0.1) is 0 Å². The van der Waals surface area contributed by atoms with Crippen LogP contribution in [0.15, 0.2) is 59.5 Å². The number of anilines is 1. The van der Waals surface area contributed by atoms with E-state index in [0.717, 1.165) is 5.69 Å². The molecule has 0 aliphatic carbocycles. The Morgan fingerprint density at radius 3 is 2.29 bits per heavy atom. The van der Waals surface area contributed by atoms with Gasteiger partial charge in [-0.15, -0.1) is 0 Å². The molecule has 8 heteroatoms. The normalized spacial score (nSPS) is 14.2. The van der Waals surface area contributed by atoms with E-state index >= 15 is 0 Å². The van der Waals surface area contributed by atoms with Gasteiger partial charge < -0.3 is 14.5 Å². The number of carbonyl (C=O) groups is 2. The second-order valence-corrected chi connectivity index (χ2v) is 7.19. The number of para-hydroxylation sites is 1. The molecule has 0 aromatic heterocycles. The second-order valence-electron chi connectivity index (χ2n) is 6.15. The molecule has 28 heavy (non-hydrogen) atoms. The van der Waals surface area contributed by atoms with Crippen molar-refractivity contribution in [2.75, 3.05) is 37.7 Å². The third-order valence-electron chi connectivity index (χ3n) is 4.40. The molecule has 3 rings (SSSR count). The monoisotopic (exact) mass is 406 g/mol. The summed E-state index contributed by atoms with van der Waals surface area (Å²) in [5, 5.41) is 0. The number of rotatable bonds is 6. The van der Waals surface area contributed by atoms with Crippen LogP contribution in [0.5, 0.6) is 0 Å². The highest BCUT2D eigenvalue weighted by atomic mass is 32.2. The van der Waals surface area contributed by atoms with E-state index in [1.807, 2.05) is 30.3 Å². The molecule has 1 aliphatic heterocycles. The molecule has 0 saturated carbocycles. The summed E-state index contributed by atoms with van der Waals surface area (Å²) in [6.45, 7) is 2.04. The van der Waals surface area contributed by atoms with Crippen LogP contribution in [-0.4, -0.2) is 55.3 Å². The van der Waals surface area contributed by atoms with Gasteiger partial charge in [0, 0.05) is 36.8 Å². The molecule has 0 radical (unpaired) electrons. The lowest BCUT2D eigenvalue weighted by atomic mass is 10.2. The van der Waals surface area contributed by atoms with Crippen molar-refractivity contribution in [1.29, 1.82) is 0 Å². The summed E-state index contributed by atoms with van der Waals surface area (Å²) >= 11 is 0.279. The predicted octanol–water partition coefficient (Wildman–Crippen LogP) is 3.51. The standard InChI is InChI=1S/C20H20F2N2O3S/c21-20(22)28-17-9-5-4-8-16(17)19(26)27-14-18(25)24-12-10-23(11-13-24)15-6-2-1-3-7-15/h1-9,20H,10-14H2. The number of amides is 1. The van der Waals surface area contributed by atoms with Gasteiger partial charge in [0.05, 0.1) is 5.56 Å². The largest absolute Gasteiger partial charge is 0.452 e. The van der Waals surface area contributed by atoms with Crippen LogP contribution in [0.25, 0.3) is 0 Å². The zero-order valence-electron chi connectivity index (χ0n) is 15.1. The molecule has 1 fully saturated rings. The van der Waals surface area contributed by atoms with Crippen molar-refractivity contribution in [2.45, 2.75) is 10.7 Å². The van der Waals surface area contributed by atoms with E-state index < -0.39 is 18.3 Å². The third kappa shape index (κ3) is 5.22. The highest BCUT2D eigenvalue weighted by molar-refractivity contribution is 7.99. The van der Waals surface area contributed by atoms with Gasteiger partial charge >= 0.3 is 5.97 Å². The maximum atomic E-state index is 12.6. The number of esters is 1. The molecule has 148 valence electrons. The molecular formula is C20H20F2N2O3S. The fourth-order valence-electron chi connectivity index (χ4n) is 2.98. The van der Waals surface area contributed by atoms with Gasteiger partial charge in [-0.1, -0.05) is 42.1 Å². The van der Waals surface area contributed by atoms with E-state index in [1.54, 1.807) is 17.0 Å². The Bertz CT molecular complexity index is 812. The van der Waals surface area contributed by atoms with E-state index in [4.69, 9.17) is 4.74 Å². The number of piperazine rings is 1. The molecule has 1 heterocycles. The van der Waals surface area contributed by atoms with Gasteiger partial charge in [-0.25, -0.2) is 4.79 Å². The van der Waals surface area contributed by atoms with Crippen molar-refractivity contribution in [3.8, 4) is 0 Å². The van der Waals surface area contributed by atoms with Gasteiger partial charge in [0.25, 0.3) is 11.7 Å². The summed E-state index contributed by atoms with van der Waals surface area (Å²) in [5.74, 6) is -3.71. The van der Waals surface area contributed by atoms with E-state index in [1.165, 1.54) is 12.1 Å². The van der Waals surface area contributed by atoms with Gasteiger partial charge in [-0.2, -0.15) is 8.78 Å². The number of halogens is 2. The van der Waals surface area contributed by atoms with Gasteiger partial charge in [0.15, 0.2) is 6.61 Å². The Hall–Kier alpha value is -2.61. The smallest absolute Gasteiger partial charge is 0.339 e. The summed E-state index contributed by atoms with van der Waals surface area (Å²) in [6.07, 6.45) is 0. The Kier molecular flexibility index (Phi) is 6.86. The first-order valence-electron chi connectivity index (χ1n) is 8.83. The van der Waals surface area contributed by atoms with Crippen LogP contribution in [0.4, 0.5) is 14.5 Å². The summed E-state index contributed by atoms with van der Waals surface area (Å²) < 4.78 is 30.3. The van der Waals surface area contributed by atoms with Crippen molar-refractivity contribution < 1.29 is 23.1 Å². The zero-order chi connectivity index (χ0) is 19.9. The minimum absolute atomic E-state index is 0.0366. The summed E-state index contributed by atoms with van der Waals surface area (Å²) in [7, 11) is 0. The molecule has 0 spiro atoms. The fraction of sp³-hybridized carbons (Fsp3) is 0.300. The average Bonchev–Trinajstić information content (AvgIpc) is 2.72. The van der Waals surface area contributed by atoms with Gasteiger partial charge in [0.1, 0.15) is 0 Å². The van der Waals surface area contributed by atoms with Crippen molar-refractivity contribution in [3.05, 3.63) is 60.2 Å². The van der Waals surface area contributed by atoms with Crippen molar-refractivity contribution in [2.24, 2.45) is 0 Å². The fourth-order valence-corrected chi connectivity index (χ4v) is 3.61. The van der Waals surface area contributed by atoms with E-state index in [0.29, 0.717) is 26.2 Å². The molecule has 0 bridgehead atoms. The molecule has 0 N–H and O–H groups in total. The summed E-state index contributed by atoms with van der Waals surface area (Å²) in [6, 6.07) is 15.9. The number of nitrogens with zero attached hydrogens (tertiary/aromatic N) is 2. The summed E-state index contributed by atoms with van der Waals surface area (Å²) in [5.41, 5.74) is 1.14. The number of carbonyl (C=O) groups excluding carboxylic acids is 2. The number of hydrogen-bond donors (Lipinski definition) is 0. The van der Waals surface area contributed by atoms with Gasteiger partial charge in [-0.05, 0) is 24.3 Å². The first-order chi connectivity index (χ1) is 13.5. The van der Waals surface area contributed by atoms with Crippen LogP contribution >= 0.6 is 11.8 Å². The second kappa shape index (κ2) is 9.54. The lowest BCUT2D eigenvalue weighted by Gasteiger charge is -2.36. The van der Waals surface area contributed by atoms with Gasteiger partial charge in [-0.3, -0.25) is 4.79 Å². The van der Waals surface area contributed by atoms with Crippen LogP contribution in [0.2, 0.25) is 0 Å². The maximum absolute atomic E-state index is 12.6. The maximum Gasteiger partial charge on any atom is 0.339 e. The molecule has 0 unspecified atom stereocenters. The van der Waals surface area contributed by atoms with Crippen LogP contribution in [-0.2, 0) is 9.53 Å². The number of thioether (sulfide) groups is 1. The molecular weight excluding hydrogens is 386 g/mol. The van der Waals surface area contributed by atoms with Crippen LogP contribution in [0.1, 0.15) is 10.4 Å². The van der Waals surface area contributed by atoms with Crippen molar-refractivity contribution >= 4 is 29.3 Å². The van der Waals surface area contributed by atoms with E-state index in [9.17, 15) is 18.4 Å². The first-order valence-corrected chi connectivity index (χ1v) is 9.71. The summed E-state index contributed by atoms with van der Waals surface area (Å²) in [4.78, 5) is 28.5. The minimum atomic E-state index is -2.64. The Morgan fingerprint density at radius 2 is 1.61 bits per heavy atom. The Morgan fingerprint density at radius 1 is 0.964 bits per heavy atom. The lowest BCUT2D eigenvalue weighted by molar-refractivity contribution is -0.134. The zero-order valence-corrected chi connectivity index (χ0v) is 15.9. The SMILES string of the molecule is O=C(OCC(=O)N1CCN(c2ccccc2)CC1)c1ccccc1SC(F)F. The molecule has 2 aromatic rings. The van der Waals surface area contributed by atoms with E-state index in [2.05, 4.69) is 4.90 Å². The van der Waals surface area contributed by atoms with Crippen LogP contribution in [0.3, 0.4) is 0 Å². The number of hydrogen-bond acceptors (Lipinski definition) is 5. The van der Waals surface area contributed by atoms with E-state index in [-0.39, 0.29) is 28.1 Å². The molecule has 2 aromatic carbocycles. The third-order valence-corrected chi connectivity index (χ3v) is 5.19. The van der Waals surface area contributed by atoms with Crippen molar-refractivity contribution in [3.63, 3.8) is 0 Å². The Labute approximate surface area is 166 Å². The quantitative estimate of drug-likeness (QED) is 0.543. The number of ether oxygens (including phenoxy) is 1. The Balaban J connectivity index is 1.50. The van der Waals surface area contributed by atoms with Crippen LogP contribution < -0.4 is 4.90 Å². The average molecular weight is 406 g/mol. The molecule has 1 aliphatic rings. The molecule has 1 amide bonds. The number of benzene rings is 2. The topological polar surface area (TPSA) is 49.9 Å². The molecule has 1 saturated heterocycles.